The highest BCUT2D eigenvalue weighted by molar-refractivity contribution is 9.10. The molecule has 188 valence electrons. The second-order valence-corrected chi connectivity index (χ2v) is 9.89. The Bertz CT molecular complexity index is 1930. The van der Waals surface area contributed by atoms with Crippen LogP contribution in [0.3, 0.4) is 0 Å². The van der Waals surface area contributed by atoms with Crippen LogP contribution in [-0.4, -0.2) is 27.6 Å². The SMILES string of the molecule is COc1cccc(-n2c(C)cc(C=Nn3c(-c4cc5cc(Br)ccc5o4)nc4ccccc4c3=O)c2C)c1. The quantitative estimate of drug-likeness (QED) is 0.213. The van der Waals surface area contributed by atoms with E-state index >= 15 is 0 Å². The molecule has 0 N–H and O–H groups in total. The topological polar surface area (TPSA) is 74.6 Å². The average Bonchev–Trinajstić information content (AvgIpc) is 3.47. The van der Waals surface area contributed by atoms with Gasteiger partial charge in [-0.3, -0.25) is 4.79 Å². The summed E-state index contributed by atoms with van der Waals surface area (Å²) in [6.45, 7) is 4.05. The van der Waals surface area contributed by atoms with E-state index in [0.29, 0.717) is 28.1 Å². The lowest BCUT2D eigenvalue weighted by atomic mass is 10.2. The van der Waals surface area contributed by atoms with E-state index in [4.69, 9.17) is 14.1 Å². The van der Waals surface area contributed by atoms with Crippen molar-refractivity contribution in [3.63, 3.8) is 0 Å². The maximum atomic E-state index is 13.6. The Morgan fingerprint density at radius 2 is 1.84 bits per heavy atom. The van der Waals surface area contributed by atoms with Crippen molar-refractivity contribution in [1.29, 1.82) is 0 Å². The van der Waals surface area contributed by atoms with E-state index in [9.17, 15) is 4.79 Å². The van der Waals surface area contributed by atoms with Gasteiger partial charge < -0.3 is 13.7 Å². The fraction of sp³-hybridized carbons (Fsp3) is 0.100. The molecule has 38 heavy (non-hydrogen) atoms. The van der Waals surface area contributed by atoms with Crippen molar-refractivity contribution >= 4 is 44.0 Å². The van der Waals surface area contributed by atoms with Gasteiger partial charge in [0.25, 0.3) is 5.56 Å². The van der Waals surface area contributed by atoms with Crippen molar-refractivity contribution < 1.29 is 9.15 Å². The Labute approximate surface area is 226 Å². The molecular formula is C30H23BrN4O3. The van der Waals surface area contributed by atoms with E-state index in [1.165, 1.54) is 4.68 Å². The third-order valence-corrected chi connectivity index (χ3v) is 7.04. The molecule has 0 aliphatic carbocycles. The molecule has 0 amide bonds. The lowest BCUT2D eigenvalue weighted by molar-refractivity contribution is 0.414. The Kier molecular flexibility index (Phi) is 5.96. The van der Waals surface area contributed by atoms with Crippen molar-refractivity contribution in [2.45, 2.75) is 13.8 Å². The Morgan fingerprint density at radius 1 is 1.00 bits per heavy atom. The number of hydrogen-bond acceptors (Lipinski definition) is 5. The van der Waals surface area contributed by atoms with Gasteiger partial charge in [0.2, 0.25) is 5.82 Å². The molecule has 8 heteroatoms. The van der Waals surface area contributed by atoms with Crippen molar-refractivity contribution in [1.82, 2.24) is 14.2 Å². The number of aryl methyl sites for hydroxylation is 1. The van der Waals surface area contributed by atoms with E-state index in [1.54, 1.807) is 19.4 Å². The third-order valence-electron chi connectivity index (χ3n) is 6.55. The average molecular weight is 567 g/mol. The summed E-state index contributed by atoms with van der Waals surface area (Å²) in [5, 5.41) is 6.02. The molecule has 3 aromatic heterocycles. The van der Waals surface area contributed by atoms with Crippen molar-refractivity contribution in [3.8, 4) is 23.0 Å². The fourth-order valence-corrected chi connectivity index (χ4v) is 5.08. The van der Waals surface area contributed by atoms with E-state index in [2.05, 4.69) is 25.6 Å². The second kappa shape index (κ2) is 9.46. The van der Waals surface area contributed by atoms with E-state index < -0.39 is 0 Å². The van der Waals surface area contributed by atoms with E-state index in [-0.39, 0.29) is 5.56 Å². The van der Waals surface area contributed by atoms with Crippen LogP contribution in [-0.2, 0) is 0 Å². The number of nitrogens with zero attached hydrogens (tertiary/aromatic N) is 4. The minimum absolute atomic E-state index is 0.273. The molecule has 0 spiro atoms. The van der Waals surface area contributed by atoms with Gasteiger partial charge in [-0.25, -0.2) is 4.98 Å². The van der Waals surface area contributed by atoms with Crippen LogP contribution in [0.15, 0.2) is 97.6 Å². The maximum absolute atomic E-state index is 13.6. The van der Waals surface area contributed by atoms with Gasteiger partial charge in [-0.05, 0) is 68.4 Å². The van der Waals surface area contributed by atoms with Crippen molar-refractivity contribution in [2.24, 2.45) is 5.10 Å². The predicted molar refractivity (Wildman–Crippen MR) is 154 cm³/mol. The number of halogens is 1. The van der Waals surface area contributed by atoms with E-state index in [0.717, 1.165) is 38.2 Å². The van der Waals surface area contributed by atoms with Crippen LogP contribution >= 0.6 is 15.9 Å². The summed E-state index contributed by atoms with van der Waals surface area (Å²) >= 11 is 3.50. The molecule has 0 bridgehead atoms. The lowest BCUT2D eigenvalue weighted by Gasteiger charge is -2.11. The lowest BCUT2D eigenvalue weighted by Crippen LogP contribution is -2.20. The van der Waals surface area contributed by atoms with Gasteiger partial charge in [-0.2, -0.15) is 9.78 Å². The number of rotatable bonds is 5. The Balaban J connectivity index is 1.50. The smallest absolute Gasteiger partial charge is 0.282 e. The molecule has 0 unspecified atom stereocenters. The number of furan rings is 1. The molecule has 0 aliphatic heterocycles. The van der Waals surface area contributed by atoms with Gasteiger partial charge in [-0.15, -0.1) is 0 Å². The summed E-state index contributed by atoms with van der Waals surface area (Å²) in [5.74, 6) is 1.57. The molecular weight excluding hydrogens is 544 g/mol. The summed E-state index contributed by atoms with van der Waals surface area (Å²) in [7, 11) is 1.65. The molecule has 7 nitrogen and oxygen atoms in total. The number of ether oxygens (including phenoxy) is 1. The zero-order chi connectivity index (χ0) is 26.4. The van der Waals surface area contributed by atoms with Gasteiger partial charge in [-0.1, -0.05) is 34.1 Å². The minimum Gasteiger partial charge on any atom is -0.497 e. The molecule has 0 radical (unpaired) electrons. The summed E-state index contributed by atoms with van der Waals surface area (Å²) in [6, 6.07) is 24.8. The first-order chi connectivity index (χ1) is 18.4. The third kappa shape index (κ3) is 4.13. The largest absolute Gasteiger partial charge is 0.497 e. The van der Waals surface area contributed by atoms with Crippen LogP contribution in [0.25, 0.3) is 39.1 Å². The highest BCUT2D eigenvalue weighted by Crippen LogP contribution is 2.29. The standard InChI is InChI=1S/C30H23BrN4O3/c1-18-13-21(19(2)34(18)23-7-6-8-24(16-23)37-3)17-32-35-29(33-26-10-5-4-9-25(26)30(35)36)28-15-20-14-22(31)11-12-27(20)38-28/h4-17H,1-3H3. The number of benzene rings is 3. The number of para-hydroxylation sites is 1. The molecule has 0 fully saturated rings. The zero-order valence-electron chi connectivity index (χ0n) is 21.0. The monoisotopic (exact) mass is 566 g/mol. The molecule has 6 aromatic rings. The van der Waals surface area contributed by atoms with Crippen LogP contribution in [0.4, 0.5) is 0 Å². The summed E-state index contributed by atoms with van der Waals surface area (Å²) in [6.07, 6.45) is 1.69. The molecule has 3 aromatic carbocycles. The van der Waals surface area contributed by atoms with Crippen LogP contribution < -0.4 is 10.3 Å². The highest BCUT2D eigenvalue weighted by atomic mass is 79.9. The summed E-state index contributed by atoms with van der Waals surface area (Å²) in [4.78, 5) is 18.4. The predicted octanol–water partition coefficient (Wildman–Crippen LogP) is 6.87. The molecule has 0 aliphatic rings. The molecule has 0 saturated carbocycles. The van der Waals surface area contributed by atoms with Crippen molar-refractivity contribution in [2.75, 3.05) is 7.11 Å². The number of methoxy groups -OCH3 is 1. The second-order valence-electron chi connectivity index (χ2n) is 8.97. The van der Waals surface area contributed by atoms with Crippen LogP contribution in [0, 0.1) is 13.8 Å². The van der Waals surface area contributed by atoms with E-state index in [1.807, 2.05) is 86.6 Å². The zero-order valence-corrected chi connectivity index (χ0v) is 22.6. The molecule has 0 atom stereocenters. The van der Waals surface area contributed by atoms with Crippen LogP contribution in [0.1, 0.15) is 17.0 Å². The summed E-state index contributed by atoms with van der Waals surface area (Å²) in [5.41, 5.74) is 4.88. The number of aromatic nitrogens is 3. The van der Waals surface area contributed by atoms with Gasteiger partial charge in [0.1, 0.15) is 11.3 Å². The fourth-order valence-electron chi connectivity index (χ4n) is 4.70. The molecule has 6 rings (SSSR count). The van der Waals surface area contributed by atoms with Crippen LogP contribution in [0.2, 0.25) is 0 Å². The van der Waals surface area contributed by atoms with Gasteiger partial charge in [0.15, 0.2) is 5.76 Å². The maximum Gasteiger partial charge on any atom is 0.282 e. The number of fused-ring (bicyclic) bond motifs is 2. The normalized spacial score (nSPS) is 11.7. The van der Waals surface area contributed by atoms with Gasteiger partial charge >= 0.3 is 0 Å². The van der Waals surface area contributed by atoms with Gasteiger partial charge in [0.05, 0.1) is 24.2 Å². The van der Waals surface area contributed by atoms with Gasteiger partial charge in [0, 0.05) is 38.6 Å². The first kappa shape index (κ1) is 23.9. The number of hydrogen-bond donors (Lipinski definition) is 0. The summed E-state index contributed by atoms with van der Waals surface area (Å²) < 4.78 is 15.9. The first-order valence-corrected chi connectivity index (χ1v) is 12.8. The molecule has 3 heterocycles. The van der Waals surface area contributed by atoms with Crippen molar-refractivity contribution in [3.05, 3.63) is 111 Å². The minimum atomic E-state index is -0.273. The van der Waals surface area contributed by atoms with Crippen LogP contribution in [0.5, 0.6) is 5.75 Å². The Hall–Kier alpha value is -4.43. The highest BCUT2D eigenvalue weighted by Gasteiger charge is 2.17. The first-order valence-electron chi connectivity index (χ1n) is 12.0. The molecule has 0 saturated heterocycles. The Morgan fingerprint density at radius 3 is 2.68 bits per heavy atom.